The molecule has 0 radical (unpaired) electrons. The number of aromatic nitrogens is 6. The van der Waals surface area contributed by atoms with Gasteiger partial charge in [0.15, 0.2) is 0 Å². The van der Waals surface area contributed by atoms with Gasteiger partial charge in [0.25, 0.3) is 0 Å². The number of rotatable bonds is 5. The van der Waals surface area contributed by atoms with E-state index in [9.17, 15) is 0 Å². The molecule has 3 rings (SSSR count). The predicted molar refractivity (Wildman–Crippen MR) is 79.3 cm³/mol. The molecular formula is C13H12Cl2N6. The number of aryl methyl sites for hydroxylation is 2. The van der Waals surface area contributed by atoms with E-state index < -0.39 is 0 Å². The highest BCUT2D eigenvalue weighted by molar-refractivity contribution is 6.42. The normalized spacial score (nSPS) is 11.0. The van der Waals surface area contributed by atoms with Crippen LogP contribution in [0.25, 0.3) is 0 Å². The van der Waals surface area contributed by atoms with Gasteiger partial charge in [-0.25, -0.2) is 9.67 Å². The van der Waals surface area contributed by atoms with Crippen molar-refractivity contribution >= 4 is 23.2 Å². The van der Waals surface area contributed by atoms with Gasteiger partial charge in [0.2, 0.25) is 0 Å². The van der Waals surface area contributed by atoms with E-state index in [1.807, 2.05) is 18.3 Å². The number of hydrogen-bond acceptors (Lipinski definition) is 4. The molecule has 0 spiro atoms. The van der Waals surface area contributed by atoms with Crippen molar-refractivity contribution in [2.75, 3.05) is 0 Å². The van der Waals surface area contributed by atoms with Crippen LogP contribution in [-0.2, 0) is 19.5 Å². The van der Waals surface area contributed by atoms with Crippen molar-refractivity contribution in [3.8, 4) is 0 Å². The van der Waals surface area contributed by atoms with Crippen LogP contribution in [0.15, 0.2) is 37.1 Å². The summed E-state index contributed by atoms with van der Waals surface area (Å²) < 4.78 is 3.50. The molecule has 1 aromatic carbocycles. The molecule has 0 fully saturated rings. The zero-order valence-electron chi connectivity index (χ0n) is 11.0. The van der Waals surface area contributed by atoms with Gasteiger partial charge in [0.05, 0.1) is 22.8 Å². The van der Waals surface area contributed by atoms with E-state index in [0.29, 0.717) is 16.6 Å². The molecule has 0 saturated carbocycles. The van der Waals surface area contributed by atoms with Crippen LogP contribution < -0.4 is 0 Å². The van der Waals surface area contributed by atoms with E-state index in [1.165, 1.54) is 6.33 Å². The minimum atomic E-state index is 0.562. The molecule has 8 heteroatoms. The monoisotopic (exact) mass is 322 g/mol. The Labute approximate surface area is 131 Å². The van der Waals surface area contributed by atoms with Gasteiger partial charge < -0.3 is 0 Å². The second kappa shape index (κ2) is 6.24. The lowest BCUT2D eigenvalue weighted by Gasteiger charge is -2.03. The maximum absolute atomic E-state index is 6.00. The summed E-state index contributed by atoms with van der Waals surface area (Å²) in [5, 5.41) is 13.4. The van der Waals surface area contributed by atoms with Gasteiger partial charge in [-0.3, -0.25) is 4.68 Å². The third kappa shape index (κ3) is 3.59. The number of hydrogen-bond donors (Lipinski definition) is 0. The van der Waals surface area contributed by atoms with Crippen LogP contribution in [-0.4, -0.2) is 29.8 Å². The van der Waals surface area contributed by atoms with Crippen LogP contribution in [0.4, 0.5) is 0 Å². The minimum absolute atomic E-state index is 0.562. The van der Waals surface area contributed by atoms with Crippen molar-refractivity contribution in [2.24, 2.45) is 0 Å². The molecule has 0 aliphatic heterocycles. The standard InChI is InChI=1S/C13H12Cl2N6/c14-12-2-1-10(5-13(12)15)3-4-20-6-11(18-19-20)7-21-9-16-8-17-21/h1-2,5-6,8-9H,3-4,7H2. The van der Waals surface area contributed by atoms with Crippen molar-refractivity contribution in [3.05, 3.63) is 58.4 Å². The summed E-state index contributed by atoms with van der Waals surface area (Å²) in [6, 6.07) is 5.63. The summed E-state index contributed by atoms with van der Waals surface area (Å²) in [4.78, 5) is 3.89. The Morgan fingerprint density at radius 2 is 2.00 bits per heavy atom. The molecule has 0 aliphatic carbocycles. The van der Waals surface area contributed by atoms with E-state index in [-0.39, 0.29) is 0 Å². The van der Waals surface area contributed by atoms with E-state index in [1.54, 1.807) is 21.8 Å². The lowest BCUT2D eigenvalue weighted by atomic mass is 10.1. The van der Waals surface area contributed by atoms with Gasteiger partial charge in [-0.15, -0.1) is 5.10 Å². The van der Waals surface area contributed by atoms with Crippen molar-refractivity contribution in [2.45, 2.75) is 19.5 Å². The van der Waals surface area contributed by atoms with Gasteiger partial charge in [-0.05, 0) is 24.1 Å². The zero-order chi connectivity index (χ0) is 14.7. The van der Waals surface area contributed by atoms with Crippen molar-refractivity contribution in [3.63, 3.8) is 0 Å². The third-order valence-electron chi connectivity index (χ3n) is 2.99. The highest BCUT2D eigenvalue weighted by atomic mass is 35.5. The fourth-order valence-corrected chi connectivity index (χ4v) is 2.26. The summed E-state index contributed by atoms with van der Waals surface area (Å²) >= 11 is 11.9. The van der Waals surface area contributed by atoms with Crippen molar-refractivity contribution < 1.29 is 0 Å². The number of benzene rings is 1. The summed E-state index contributed by atoms with van der Waals surface area (Å²) in [6.45, 7) is 1.29. The fourth-order valence-electron chi connectivity index (χ4n) is 1.94. The Bertz CT molecular complexity index is 722. The van der Waals surface area contributed by atoms with E-state index in [4.69, 9.17) is 23.2 Å². The molecular weight excluding hydrogens is 311 g/mol. The Hall–Kier alpha value is -1.92. The van der Waals surface area contributed by atoms with E-state index in [2.05, 4.69) is 20.4 Å². The lowest BCUT2D eigenvalue weighted by Crippen LogP contribution is -2.02. The fraction of sp³-hybridized carbons (Fsp3) is 0.231. The summed E-state index contributed by atoms with van der Waals surface area (Å²) in [6.07, 6.45) is 5.85. The molecule has 0 amide bonds. The van der Waals surface area contributed by atoms with Crippen LogP contribution >= 0.6 is 23.2 Å². The first-order valence-electron chi connectivity index (χ1n) is 6.36. The van der Waals surface area contributed by atoms with Crippen LogP contribution in [0.5, 0.6) is 0 Å². The first-order valence-corrected chi connectivity index (χ1v) is 7.11. The topological polar surface area (TPSA) is 61.4 Å². The SMILES string of the molecule is Clc1ccc(CCn2cc(Cn3cncn3)nn2)cc1Cl. The molecule has 3 aromatic rings. The molecule has 0 unspecified atom stereocenters. The van der Waals surface area contributed by atoms with Crippen molar-refractivity contribution in [1.29, 1.82) is 0 Å². The zero-order valence-corrected chi connectivity index (χ0v) is 12.5. The summed E-state index contributed by atoms with van der Waals surface area (Å²) in [7, 11) is 0. The van der Waals surface area contributed by atoms with Gasteiger partial charge in [-0.2, -0.15) is 5.10 Å². The largest absolute Gasteiger partial charge is 0.252 e. The minimum Gasteiger partial charge on any atom is -0.252 e. The molecule has 0 bridgehead atoms. The third-order valence-corrected chi connectivity index (χ3v) is 3.73. The van der Waals surface area contributed by atoms with E-state index >= 15 is 0 Å². The average Bonchev–Trinajstić information content (AvgIpc) is 3.13. The molecule has 0 aliphatic rings. The Kier molecular flexibility index (Phi) is 4.17. The highest BCUT2D eigenvalue weighted by Crippen LogP contribution is 2.22. The van der Waals surface area contributed by atoms with Crippen LogP contribution in [0.2, 0.25) is 10.0 Å². The summed E-state index contributed by atoms with van der Waals surface area (Å²) in [5.74, 6) is 0. The quantitative estimate of drug-likeness (QED) is 0.724. The molecule has 21 heavy (non-hydrogen) atoms. The van der Waals surface area contributed by atoms with E-state index in [0.717, 1.165) is 24.2 Å². The molecule has 0 N–H and O–H groups in total. The number of nitrogens with zero attached hydrogens (tertiary/aromatic N) is 6. The van der Waals surface area contributed by atoms with Crippen LogP contribution in [0.3, 0.4) is 0 Å². The molecule has 0 atom stereocenters. The molecule has 2 aromatic heterocycles. The maximum atomic E-state index is 6.00. The number of halogens is 2. The Morgan fingerprint density at radius 3 is 2.76 bits per heavy atom. The van der Waals surface area contributed by atoms with Crippen LogP contribution in [0, 0.1) is 0 Å². The molecule has 108 valence electrons. The average molecular weight is 323 g/mol. The van der Waals surface area contributed by atoms with Crippen LogP contribution in [0.1, 0.15) is 11.3 Å². The smallest absolute Gasteiger partial charge is 0.137 e. The van der Waals surface area contributed by atoms with Gasteiger partial charge in [0.1, 0.15) is 18.3 Å². The maximum Gasteiger partial charge on any atom is 0.137 e. The molecule has 0 saturated heterocycles. The van der Waals surface area contributed by atoms with Gasteiger partial charge in [-0.1, -0.05) is 34.5 Å². The highest BCUT2D eigenvalue weighted by Gasteiger charge is 2.04. The summed E-state index contributed by atoms with van der Waals surface area (Å²) in [5.41, 5.74) is 1.95. The first kappa shape index (κ1) is 14.0. The Morgan fingerprint density at radius 1 is 1.10 bits per heavy atom. The lowest BCUT2D eigenvalue weighted by molar-refractivity contribution is 0.589. The Balaban J connectivity index is 1.60. The second-order valence-corrected chi connectivity index (χ2v) is 5.38. The van der Waals surface area contributed by atoms with Gasteiger partial charge >= 0.3 is 0 Å². The molecule has 2 heterocycles. The molecule has 6 nitrogen and oxygen atoms in total. The van der Waals surface area contributed by atoms with Gasteiger partial charge in [0, 0.05) is 6.54 Å². The predicted octanol–water partition coefficient (Wildman–Crippen LogP) is 2.47. The van der Waals surface area contributed by atoms with Crippen molar-refractivity contribution in [1.82, 2.24) is 29.8 Å². The second-order valence-electron chi connectivity index (χ2n) is 4.56. The first-order chi connectivity index (χ1) is 10.2.